The van der Waals surface area contributed by atoms with Crippen LogP contribution < -0.4 is 10.9 Å². The highest BCUT2D eigenvalue weighted by Crippen LogP contribution is 2.28. The van der Waals surface area contributed by atoms with Crippen LogP contribution in [0.15, 0.2) is 35.3 Å². The highest BCUT2D eigenvalue weighted by Gasteiger charge is 2.26. The molecule has 4 rings (SSSR count). The van der Waals surface area contributed by atoms with Crippen LogP contribution in [0.5, 0.6) is 0 Å². The molecule has 1 saturated heterocycles. The summed E-state index contributed by atoms with van der Waals surface area (Å²) in [7, 11) is 1.76. The molecule has 3 unspecified atom stereocenters. The van der Waals surface area contributed by atoms with Crippen LogP contribution in [0.4, 0.5) is 0 Å². The van der Waals surface area contributed by atoms with Crippen LogP contribution in [0.3, 0.4) is 0 Å². The maximum Gasteiger partial charge on any atom is 0.326 e. The van der Waals surface area contributed by atoms with Crippen molar-refractivity contribution in [2.45, 2.75) is 71.9 Å². The average molecular weight is 511 g/mol. The lowest BCUT2D eigenvalue weighted by molar-refractivity contribution is -0.152. The Morgan fingerprint density at radius 3 is 2.73 bits per heavy atom. The highest BCUT2D eigenvalue weighted by molar-refractivity contribution is 5.81. The van der Waals surface area contributed by atoms with Crippen molar-refractivity contribution >= 4 is 17.0 Å². The van der Waals surface area contributed by atoms with E-state index in [9.17, 15) is 14.7 Å². The van der Waals surface area contributed by atoms with Gasteiger partial charge in [0.05, 0.1) is 29.8 Å². The minimum absolute atomic E-state index is 0.0240. The van der Waals surface area contributed by atoms with Crippen LogP contribution in [0.1, 0.15) is 44.7 Å². The molecular formula is C28H38N4O5. The van der Waals surface area contributed by atoms with Crippen molar-refractivity contribution in [2.75, 3.05) is 13.2 Å². The molecule has 2 aromatic heterocycles. The average Bonchev–Trinajstić information content (AvgIpc) is 3.19. The number of aromatic nitrogens is 3. The first-order valence-corrected chi connectivity index (χ1v) is 13.0. The number of aryl methyl sites for hydroxylation is 2. The van der Waals surface area contributed by atoms with E-state index in [1.54, 1.807) is 32.4 Å². The Kier molecular flexibility index (Phi) is 8.46. The van der Waals surface area contributed by atoms with Crippen LogP contribution in [-0.4, -0.2) is 56.7 Å². The zero-order valence-electron chi connectivity index (χ0n) is 22.4. The molecule has 3 heterocycles. The van der Waals surface area contributed by atoms with Gasteiger partial charge in [0.15, 0.2) is 0 Å². The number of nitrogens with one attached hydrogen (secondary N) is 1. The summed E-state index contributed by atoms with van der Waals surface area (Å²) < 4.78 is 14.8. The second-order valence-electron chi connectivity index (χ2n) is 10.4. The molecule has 2 N–H and O–H groups in total. The fourth-order valence-electron chi connectivity index (χ4n) is 4.88. The summed E-state index contributed by atoms with van der Waals surface area (Å²) in [5.74, 6) is 0.725. The summed E-state index contributed by atoms with van der Waals surface area (Å²) in [6.07, 6.45) is 2.82. The van der Waals surface area contributed by atoms with Gasteiger partial charge in [0.2, 0.25) is 0 Å². The molecule has 0 saturated carbocycles. The largest absolute Gasteiger partial charge is 0.462 e. The lowest BCUT2D eigenvalue weighted by atomic mass is 10.0. The van der Waals surface area contributed by atoms with Gasteiger partial charge in [0.1, 0.15) is 11.9 Å². The second-order valence-corrected chi connectivity index (χ2v) is 10.4. The molecule has 1 aliphatic rings. The van der Waals surface area contributed by atoms with E-state index in [4.69, 9.17) is 14.5 Å². The lowest BCUT2D eigenvalue weighted by Gasteiger charge is -2.23. The predicted molar refractivity (Wildman–Crippen MR) is 142 cm³/mol. The minimum Gasteiger partial charge on any atom is -0.462 e. The van der Waals surface area contributed by atoms with E-state index >= 15 is 0 Å². The van der Waals surface area contributed by atoms with Gasteiger partial charge in [-0.1, -0.05) is 6.07 Å². The third-order valence-electron chi connectivity index (χ3n) is 6.74. The van der Waals surface area contributed by atoms with Gasteiger partial charge in [-0.25, -0.2) is 4.98 Å². The van der Waals surface area contributed by atoms with Gasteiger partial charge in [0, 0.05) is 50.0 Å². The second kappa shape index (κ2) is 11.6. The first kappa shape index (κ1) is 27.0. The molecule has 3 atom stereocenters. The molecule has 37 heavy (non-hydrogen) atoms. The monoisotopic (exact) mass is 510 g/mol. The predicted octanol–water partition coefficient (Wildman–Crippen LogP) is 2.93. The highest BCUT2D eigenvalue weighted by atomic mass is 16.5. The van der Waals surface area contributed by atoms with E-state index < -0.39 is 18.1 Å². The van der Waals surface area contributed by atoms with Crippen molar-refractivity contribution in [1.82, 2.24) is 19.4 Å². The van der Waals surface area contributed by atoms with Crippen LogP contribution in [-0.2, 0) is 34.4 Å². The van der Waals surface area contributed by atoms with Crippen molar-refractivity contribution in [3.05, 3.63) is 51.9 Å². The fraction of sp³-hybridized carbons (Fsp3) is 0.536. The number of fused-ring (bicyclic) bond motifs is 1. The molecule has 0 spiro atoms. The van der Waals surface area contributed by atoms with Gasteiger partial charge in [-0.15, -0.1) is 0 Å². The van der Waals surface area contributed by atoms with Crippen molar-refractivity contribution in [3.63, 3.8) is 0 Å². The maximum atomic E-state index is 12.4. The van der Waals surface area contributed by atoms with Crippen LogP contribution in [0.25, 0.3) is 22.4 Å². The molecule has 0 aliphatic carbocycles. The summed E-state index contributed by atoms with van der Waals surface area (Å²) >= 11 is 0. The number of ether oxygens (including phenoxy) is 2. The maximum absolute atomic E-state index is 12.4. The van der Waals surface area contributed by atoms with Crippen molar-refractivity contribution < 1.29 is 19.4 Å². The van der Waals surface area contributed by atoms with Gasteiger partial charge in [-0.3, -0.25) is 14.9 Å². The summed E-state index contributed by atoms with van der Waals surface area (Å²) in [4.78, 5) is 29.7. The van der Waals surface area contributed by atoms with Crippen LogP contribution >= 0.6 is 0 Å². The first-order valence-electron chi connectivity index (χ1n) is 13.0. The Labute approximate surface area is 217 Å². The smallest absolute Gasteiger partial charge is 0.326 e. The van der Waals surface area contributed by atoms with E-state index in [2.05, 4.69) is 9.88 Å². The normalized spacial score (nSPS) is 17.8. The van der Waals surface area contributed by atoms with Crippen LogP contribution in [0.2, 0.25) is 0 Å². The number of hydrogen-bond donors (Lipinski definition) is 2. The number of aliphatic hydroxyl groups is 1. The Morgan fingerprint density at radius 1 is 1.30 bits per heavy atom. The Morgan fingerprint density at radius 2 is 2.08 bits per heavy atom. The lowest BCUT2D eigenvalue weighted by Crippen LogP contribution is -2.46. The van der Waals surface area contributed by atoms with Crippen LogP contribution in [0, 0.1) is 12.8 Å². The van der Waals surface area contributed by atoms with Crippen molar-refractivity contribution in [1.29, 1.82) is 0 Å². The molecule has 9 heteroatoms. The SMILES string of the molecule is Cc1cc(-c2nc3cc(CNC(C(=O)OC(C)C)C(C)O)ccc3n2CC2CCCOC2)cn(C)c1=O. The number of carbonyl (C=O) groups excluding carboxylic acids is 1. The third kappa shape index (κ3) is 6.29. The van der Waals surface area contributed by atoms with Gasteiger partial charge >= 0.3 is 5.97 Å². The topological polar surface area (TPSA) is 108 Å². The van der Waals surface area contributed by atoms with Gasteiger partial charge in [-0.2, -0.15) is 0 Å². The Balaban J connectivity index is 1.67. The number of carbonyl (C=O) groups is 1. The number of aliphatic hydroxyl groups excluding tert-OH is 1. The van der Waals surface area contributed by atoms with E-state index in [0.717, 1.165) is 60.6 Å². The number of pyridine rings is 1. The Bertz CT molecular complexity index is 1280. The summed E-state index contributed by atoms with van der Waals surface area (Å²) in [5, 5.41) is 13.2. The zero-order valence-corrected chi connectivity index (χ0v) is 22.4. The fourth-order valence-corrected chi connectivity index (χ4v) is 4.88. The number of hydrogen-bond acceptors (Lipinski definition) is 7. The van der Waals surface area contributed by atoms with Gasteiger partial charge in [-0.05, 0) is 64.3 Å². The third-order valence-corrected chi connectivity index (χ3v) is 6.74. The standard InChI is InChI=1S/C28H38N4O5/c1-17(2)37-28(35)25(19(4)33)29-13-20-8-9-24-23(12-20)30-26(22-11-18(3)27(34)31(5)15-22)32(24)14-21-7-6-10-36-16-21/h8-9,11-12,15,17,19,21,25,29,33H,6-7,10,13-14,16H2,1-5H3. The molecule has 200 valence electrons. The van der Waals surface area contributed by atoms with E-state index in [0.29, 0.717) is 18.0 Å². The number of rotatable bonds is 9. The molecule has 0 amide bonds. The Hall–Kier alpha value is -3.01. The zero-order chi connectivity index (χ0) is 26.7. The number of nitrogens with zero attached hydrogens (tertiary/aromatic N) is 3. The quantitative estimate of drug-likeness (QED) is 0.426. The first-order chi connectivity index (χ1) is 17.6. The molecule has 1 fully saturated rings. The molecule has 0 radical (unpaired) electrons. The number of esters is 1. The molecular weight excluding hydrogens is 472 g/mol. The van der Waals surface area contributed by atoms with Crippen molar-refractivity contribution in [3.8, 4) is 11.4 Å². The molecule has 1 aromatic carbocycles. The molecule has 1 aliphatic heterocycles. The van der Waals surface area contributed by atoms with Crippen molar-refractivity contribution in [2.24, 2.45) is 13.0 Å². The van der Waals surface area contributed by atoms with E-state index in [1.165, 1.54) is 0 Å². The minimum atomic E-state index is -0.897. The number of imidazole rings is 1. The molecule has 0 bridgehead atoms. The summed E-state index contributed by atoms with van der Waals surface area (Å²) in [6.45, 7) is 9.63. The molecule has 9 nitrogen and oxygen atoms in total. The molecule has 3 aromatic rings. The summed E-state index contributed by atoms with van der Waals surface area (Å²) in [6, 6.07) is 7.12. The number of benzene rings is 1. The van der Waals surface area contributed by atoms with Gasteiger partial charge < -0.3 is 23.7 Å². The van der Waals surface area contributed by atoms with E-state index in [1.807, 2.05) is 37.4 Å². The summed E-state index contributed by atoms with van der Waals surface area (Å²) in [5.41, 5.74) is 4.30. The van der Waals surface area contributed by atoms with E-state index in [-0.39, 0.29) is 11.7 Å². The van der Waals surface area contributed by atoms with Gasteiger partial charge in [0.25, 0.3) is 5.56 Å².